The second-order valence-electron chi connectivity index (χ2n) is 6.21. The number of fused-ring (bicyclic) bond motifs is 1. The average molecular weight is 418 g/mol. The molecule has 3 nitrogen and oxygen atoms in total. The number of anilines is 1. The van der Waals surface area contributed by atoms with E-state index in [2.05, 4.69) is 51.2 Å². The molecule has 2 aromatic carbocycles. The molecule has 0 unspecified atom stereocenters. The largest absolute Gasteiger partial charge is 0.378 e. The van der Waals surface area contributed by atoms with E-state index in [1.54, 1.807) is 0 Å². The van der Waals surface area contributed by atoms with Gasteiger partial charge in [0, 0.05) is 34.4 Å². The van der Waals surface area contributed by atoms with Gasteiger partial charge in [-0.25, -0.2) is 4.98 Å². The minimum absolute atomic E-state index is 0.750. The molecule has 1 fully saturated rings. The van der Waals surface area contributed by atoms with Gasteiger partial charge in [-0.2, -0.15) is 0 Å². The van der Waals surface area contributed by atoms with E-state index in [0.717, 1.165) is 58.9 Å². The molecule has 0 saturated carbocycles. The number of ether oxygens (including phenoxy) is 1. The Morgan fingerprint density at radius 3 is 2.56 bits per heavy atom. The fourth-order valence-corrected chi connectivity index (χ4v) is 3.69. The Hall–Kier alpha value is -1.62. The van der Waals surface area contributed by atoms with Crippen LogP contribution in [0.4, 0.5) is 5.82 Å². The van der Waals surface area contributed by atoms with E-state index < -0.39 is 0 Å². The van der Waals surface area contributed by atoms with Crippen LogP contribution >= 0.6 is 27.5 Å². The van der Waals surface area contributed by atoms with E-state index in [1.807, 2.05) is 18.2 Å². The summed E-state index contributed by atoms with van der Waals surface area (Å²) in [6.45, 7) is 3.26. The topological polar surface area (TPSA) is 25.4 Å². The van der Waals surface area contributed by atoms with Gasteiger partial charge in [0.2, 0.25) is 0 Å². The number of morpholine rings is 1. The molecule has 1 saturated heterocycles. The third-order valence-corrected chi connectivity index (χ3v) is 5.20. The third kappa shape index (κ3) is 3.81. The Balaban J connectivity index is 1.78. The monoisotopic (exact) mass is 416 g/mol. The Labute approximate surface area is 160 Å². The molecule has 4 rings (SSSR count). The van der Waals surface area contributed by atoms with Crippen molar-refractivity contribution in [1.29, 1.82) is 0 Å². The first-order valence-electron chi connectivity index (χ1n) is 8.35. The van der Waals surface area contributed by atoms with Crippen LogP contribution in [0.3, 0.4) is 0 Å². The fraction of sp³-hybridized carbons (Fsp3) is 0.250. The van der Waals surface area contributed by atoms with E-state index in [9.17, 15) is 0 Å². The van der Waals surface area contributed by atoms with Gasteiger partial charge in [0.05, 0.1) is 18.7 Å². The number of hydrogen-bond donors (Lipinski definition) is 0. The summed E-state index contributed by atoms with van der Waals surface area (Å²) in [7, 11) is 0. The summed E-state index contributed by atoms with van der Waals surface area (Å²) in [5.41, 5.74) is 3.48. The molecule has 5 heteroatoms. The highest BCUT2D eigenvalue weighted by atomic mass is 79.9. The van der Waals surface area contributed by atoms with Gasteiger partial charge in [-0.05, 0) is 47.5 Å². The zero-order valence-corrected chi connectivity index (χ0v) is 16.1. The molecule has 128 valence electrons. The van der Waals surface area contributed by atoms with Crippen LogP contribution in [0.1, 0.15) is 11.1 Å². The molecule has 1 aliphatic rings. The molecule has 0 atom stereocenters. The van der Waals surface area contributed by atoms with Crippen molar-refractivity contribution in [3.05, 3.63) is 69.2 Å². The summed E-state index contributed by atoms with van der Waals surface area (Å²) < 4.78 is 6.57. The molecular weight excluding hydrogens is 400 g/mol. The van der Waals surface area contributed by atoms with Crippen molar-refractivity contribution in [3.8, 4) is 0 Å². The third-order valence-electron chi connectivity index (χ3n) is 4.45. The van der Waals surface area contributed by atoms with E-state index in [0.29, 0.717) is 0 Å². The highest BCUT2D eigenvalue weighted by Gasteiger charge is 2.17. The van der Waals surface area contributed by atoms with Crippen LogP contribution in [0.2, 0.25) is 5.02 Å². The summed E-state index contributed by atoms with van der Waals surface area (Å²) in [6.07, 6.45) is 0.833. The van der Waals surface area contributed by atoms with Gasteiger partial charge in [0.25, 0.3) is 0 Å². The lowest BCUT2D eigenvalue weighted by Crippen LogP contribution is -2.37. The summed E-state index contributed by atoms with van der Waals surface area (Å²) in [6, 6.07) is 16.5. The zero-order valence-electron chi connectivity index (χ0n) is 13.7. The molecule has 0 radical (unpaired) electrons. The van der Waals surface area contributed by atoms with Crippen molar-refractivity contribution in [2.45, 2.75) is 6.42 Å². The quantitative estimate of drug-likeness (QED) is 0.594. The van der Waals surface area contributed by atoms with Crippen LogP contribution in [-0.2, 0) is 11.2 Å². The lowest BCUT2D eigenvalue weighted by Gasteiger charge is -2.30. The number of pyridine rings is 1. The lowest BCUT2D eigenvalue weighted by atomic mass is 10.0. The molecule has 25 heavy (non-hydrogen) atoms. The van der Waals surface area contributed by atoms with Gasteiger partial charge in [0.15, 0.2) is 0 Å². The lowest BCUT2D eigenvalue weighted by molar-refractivity contribution is 0.122. The molecule has 3 aromatic rings. The van der Waals surface area contributed by atoms with Crippen LogP contribution in [0.15, 0.2) is 53.0 Å². The molecule has 0 bridgehead atoms. The number of rotatable bonds is 3. The van der Waals surface area contributed by atoms with Gasteiger partial charge in [0.1, 0.15) is 5.82 Å². The smallest absolute Gasteiger partial charge is 0.132 e. The average Bonchev–Trinajstić information content (AvgIpc) is 2.64. The molecule has 0 N–H and O–H groups in total. The molecule has 1 aromatic heterocycles. The van der Waals surface area contributed by atoms with Crippen molar-refractivity contribution >= 4 is 44.3 Å². The van der Waals surface area contributed by atoms with Crippen molar-refractivity contribution in [2.24, 2.45) is 0 Å². The maximum Gasteiger partial charge on any atom is 0.132 e. The molecule has 2 heterocycles. The van der Waals surface area contributed by atoms with Crippen molar-refractivity contribution in [3.63, 3.8) is 0 Å². The van der Waals surface area contributed by atoms with Crippen molar-refractivity contribution in [2.75, 3.05) is 31.2 Å². The number of nitrogens with zero attached hydrogens (tertiary/aromatic N) is 2. The highest BCUT2D eigenvalue weighted by Crippen LogP contribution is 2.28. The maximum absolute atomic E-state index is 6.02. The second-order valence-corrected chi connectivity index (χ2v) is 7.56. The van der Waals surface area contributed by atoms with E-state index >= 15 is 0 Å². The fourth-order valence-electron chi connectivity index (χ4n) is 3.18. The van der Waals surface area contributed by atoms with Gasteiger partial charge in [-0.15, -0.1) is 0 Å². The molecule has 1 aliphatic heterocycles. The first-order valence-corrected chi connectivity index (χ1v) is 9.52. The van der Waals surface area contributed by atoms with Crippen molar-refractivity contribution in [1.82, 2.24) is 4.98 Å². The van der Waals surface area contributed by atoms with Gasteiger partial charge in [-0.1, -0.05) is 39.7 Å². The number of aromatic nitrogens is 1. The summed E-state index contributed by atoms with van der Waals surface area (Å²) in [5, 5.41) is 1.91. The standard InChI is InChI=1S/C20H18BrClN2O/c21-17-3-6-19-15(13-17)12-16(11-14-1-4-18(22)5-2-14)20(23-19)24-7-9-25-10-8-24/h1-6,12-13H,7-11H2. The van der Waals surface area contributed by atoms with Crippen LogP contribution in [0.5, 0.6) is 0 Å². The van der Waals surface area contributed by atoms with Gasteiger partial charge >= 0.3 is 0 Å². The summed E-state index contributed by atoms with van der Waals surface area (Å²) in [5.74, 6) is 1.06. The molecular formula is C20H18BrClN2O. The van der Waals surface area contributed by atoms with Gasteiger partial charge < -0.3 is 9.64 Å². The van der Waals surface area contributed by atoms with Crippen LogP contribution < -0.4 is 4.90 Å². The second kappa shape index (κ2) is 7.32. The highest BCUT2D eigenvalue weighted by molar-refractivity contribution is 9.10. The van der Waals surface area contributed by atoms with E-state index in [-0.39, 0.29) is 0 Å². The van der Waals surface area contributed by atoms with Crippen molar-refractivity contribution < 1.29 is 4.74 Å². The predicted octanol–water partition coefficient (Wildman–Crippen LogP) is 5.08. The molecule has 0 aliphatic carbocycles. The first-order chi connectivity index (χ1) is 12.2. The Morgan fingerprint density at radius 2 is 1.80 bits per heavy atom. The normalized spacial score (nSPS) is 14.9. The zero-order chi connectivity index (χ0) is 17.2. The van der Waals surface area contributed by atoms with E-state index in [1.165, 1.54) is 11.1 Å². The van der Waals surface area contributed by atoms with E-state index in [4.69, 9.17) is 21.3 Å². The Kier molecular flexibility index (Phi) is 4.93. The van der Waals surface area contributed by atoms with Gasteiger partial charge in [-0.3, -0.25) is 0 Å². The van der Waals surface area contributed by atoms with Crippen LogP contribution in [0, 0.1) is 0 Å². The maximum atomic E-state index is 6.02. The first kappa shape index (κ1) is 16.8. The Bertz CT molecular complexity index is 892. The van der Waals surface area contributed by atoms with Crippen LogP contribution in [0.25, 0.3) is 10.9 Å². The predicted molar refractivity (Wildman–Crippen MR) is 107 cm³/mol. The summed E-state index contributed by atoms with van der Waals surface area (Å²) in [4.78, 5) is 7.31. The SMILES string of the molecule is Clc1ccc(Cc2cc3cc(Br)ccc3nc2N2CCOCC2)cc1. The Morgan fingerprint density at radius 1 is 1.04 bits per heavy atom. The molecule has 0 amide bonds. The molecule has 0 spiro atoms. The minimum Gasteiger partial charge on any atom is -0.378 e. The van der Waals surface area contributed by atoms with Crippen LogP contribution in [-0.4, -0.2) is 31.3 Å². The number of hydrogen-bond acceptors (Lipinski definition) is 3. The summed E-state index contributed by atoms with van der Waals surface area (Å²) >= 11 is 9.58. The number of halogens is 2. The number of benzene rings is 2. The minimum atomic E-state index is 0.750.